The summed E-state index contributed by atoms with van der Waals surface area (Å²) >= 11 is 0. The van der Waals surface area contributed by atoms with Crippen molar-refractivity contribution in [2.24, 2.45) is 4.99 Å². The largest absolute Gasteiger partial charge is 0.473 e. The number of hydrogen-bond acceptors (Lipinski definition) is 3. The van der Waals surface area contributed by atoms with Crippen LogP contribution in [0.5, 0.6) is 5.88 Å². The first-order valence-electron chi connectivity index (χ1n) is 8.58. The van der Waals surface area contributed by atoms with Crippen LogP contribution in [0.3, 0.4) is 0 Å². The van der Waals surface area contributed by atoms with Gasteiger partial charge in [0.2, 0.25) is 5.88 Å². The van der Waals surface area contributed by atoms with Crippen molar-refractivity contribution < 1.29 is 4.74 Å². The average Bonchev–Trinajstić information content (AvgIpc) is 3.18. The van der Waals surface area contributed by atoms with Gasteiger partial charge >= 0.3 is 0 Å². The minimum Gasteiger partial charge on any atom is -0.473 e. The third-order valence-electron chi connectivity index (χ3n) is 4.09. The molecule has 5 nitrogen and oxygen atoms in total. The van der Waals surface area contributed by atoms with E-state index in [0.717, 1.165) is 29.9 Å². The standard InChI is InChI=1S/C20H24N4O/c1-21-20(24-18-11-5-6-12-18)23-14-17-10-7-13-22-19(17)25-15-16-8-3-2-4-9-16/h2-10,13,18H,11-12,14-15H2,1H3,(H2,21,23,24). The van der Waals surface area contributed by atoms with Gasteiger partial charge < -0.3 is 15.4 Å². The Balaban J connectivity index is 1.56. The molecule has 0 spiro atoms. The molecular weight excluding hydrogens is 312 g/mol. The average molecular weight is 336 g/mol. The molecule has 0 bridgehead atoms. The Bertz CT molecular complexity index is 719. The Morgan fingerprint density at radius 2 is 1.96 bits per heavy atom. The predicted octanol–water partition coefficient (Wildman–Crippen LogP) is 3.04. The number of rotatable bonds is 6. The number of hydrogen-bond donors (Lipinski definition) is 2. The van der Waals surface area contributed by atoms with Crippen molar-refractivity contribution in [2.45, 2.75) is 32.0 Å². The predicted molar refractivity (Wildman–Crippen MR) is 101 cm³/mol. The van der Waals surface area contributed by atoms with E-state index in [1.165, 1.54) is 0 Å². The number of pyridine rings is 1. The molecule has 1 heterocycles. The fourth-order valence-electron chi connectivity index (χ4n) is 2.72. The molecule has 130 valence electrons. The van der Waals surface area contributed by atoms with Crippen LogP contribution in [-0.2, 0) is 13.2 Å². The van der Waals surface area contributed by atoms with E-state index in [-0.39, 0.29) is 0 Å². The first-order valence-corrected chi connectivity index (χ1v) is 8.58. The van der Waals surface area contributed by atoms with Crippen LogP contribution in [0.15, 0.2) is 65.8 Å². The summed E-state index contributed by atoms with van der Waals surface area (Å²) in [6.07, 6.45) is 8.22. The number of benzene rings is 1. The summed E-state index contributed by atoms with van der Waals surface area (Å²) in [5, 5.41) is 6.77. The Labute approximate surface area is 148 Å². The van der Waals surface area contributed by atoms with Gasteiger partial charge in [-0.2, -0.15) is 0 Å². The molecule has 2 aromatic rings. The molecule has 1 aliphatic rings. The van der Waals surface area contributed by atoms with E-state index in [1.54, 1.807) is 13.2 Å². The van der Waals surface area contributed by atoms with Crippen LogP contribution < -0.4 is 15.4 Å². The van der Waals surface area contributed by atoms with Crippen molar-refractivity contribution in [3.05, 3.63) is 71.9 Å². The molecule has 5 heteroatoms. The Kier molecular flexibility index (Phi) is 6.04. The zero-order valence-corrected chi connectivity index (χ0v) is 14.5. The van der Waals surface area contributed by atoms with Crippen molar-refractivity contribution in [1.82, 2.24) is 15.6 Å². The highest BCUT2D eigenvalue weighted by molar-refractivity contribution is 5.80. The van der Waals surface area contributed by atoms with E-state index in [2.05, 4.69) is 32.8 Å². The Hall–Kier alpha value is -2.82. The van der Waals surface area contributed by atoms with Crippen LogP contribution >= 0.6 is 0 Å². The molecule has 0 aliphatic heterocycles. The number of nitrogens with zero attached hydrogens (tertiary/aromatic N) is 2. The summed E-state index contributed by atoms with van der Waals surface area (Å²) < 4.78 is 5.90. The molecule has 1 aliphatic carbocycles. The highest BCUT2D eigenvalue weighted by Crippen LogP contribution is 2.16. The van der Waals surface area contributed by atoms with E-state index in [1.807, 2.05) is 42.5 Å². The lowest BCUT2D eigenvalue weighted by molar-refractivity contribution is 0.290. The fraction of sp³-hybridized carbons (Fsp3) is 0.300. The van der Waals surface area contributed by atoms with Gasteiger partial charge in [0.05, 0.1) is 0 Å². The molecule has 1 aromatic carbocycles. The first kappa shape index (κ1) is 17.0. The normalized spacial score (nSPS) is 14.5. The van der Waals surface area contributed by atoms with Gasteiger partial charge in [0.25, 0.3) is 0 Å². The second kappa shape index (κ2) is 8.87. The minimum absolute atomic E-state index is 0.425. The lowest BCUT2D eigenvalue weighted by atomic mass is 10.2. The highest BCUT2D eigenvalue weighted by atomic mass is 16.5. The van der Waals surface area contributed by atoms with E-state index in [9.17, 15) is 0 Å². The van der Waals surface area contributed by atoms with E-state index < -0.39 is 0 Å². The van der Waals surface area contributed by atoms with Gasteiger partial charge in [-0.15, -0.1) is 0 Å². The van der Waals surface area contributed by atoms with Gasteiger partial charge in [-0.3, -0.25) is 4.99 Å². The van der Waals surface area contributed by atoms with Gasteiger partial charge in [-0.25, -0.2) is 4.98 Å². The zero-order valence-electron chi connectivity index (χ0n) is 14.5. The lowest BCUT2D eigenvalue weighted by Gasteiger charge is -2.17. The maximum Gasteiger partial charge on any atom is 0.218 e. The highest BCUT2D eigenvalue weighted by Gasteiger charge is 2.12. The topological polar surface area (TPSA) is 58.5 Å². The van der Waals surface area contributed by atoms with Gasteiger partial charge in [-0.05, 0) is 24.5 Å². The second-order valence-corrected chi connectivity index (χ2v) is 5.95. The van der Waals surface area contributed by atoms with Gasteiger partial charge in [0.1, 0.15) is 6.61 Å². The van der Waals surface area contributed by atoms with Crippen molar-refractivity contribution >= 4 is 5.96 Å². The van der Waals surface area contributed by atoms with Gasteiger partial charge in [0.15, 0.2) is 5.96 Å². The van der Waals surface area contributed by atoms with Crippen LogP contribution in [0.1, 0.15) is 24.0 Å². The quantitative estimate of drug-likeness (QED) is 0.484. The molecule has 0 saturated carbocycles. The second-order valence-electron chi connectivity index (χ2n) is 5.95. The third-order valence-corrected chi connectivity index (χ3v) is 4.09. The molecule has 0 unspecified atom stereocenters. The first-order chi connectivity index (χ1) is 12.3. The fourth-order valence-corrected chi connectivity index (χ4v) is 2.72. The minimum atomic E-state index is 0.425. The number of aliphatic imine (C=N–C) groups is 1. The maximum atomic E-state index is 5.90. The molecular formula is C20H24N4O. The summed E-state index contributed by atoms with van der Waals surface area (Å²) in [5.41, 5.74) is 2.13. The number of nitrogens with one attached hydrogen (secondary N) is 2. The monoisotopic (exact) mass is 336 g/mol. The summed E-state index contributed by atoms with van der Waals surface area (Å²) in [4.78, 5) is 8.66. The Morgan fingerprint density at radius 3 is 2.72 bits per heavy atom. The van der Waals surface area contributed by atoms with Crippen LogP contribution in [0, 0.1) is 0 Å². The number of ether oxygens (including phenoxy) is 1. The van der Waals surface area contributed by atoms with Crippen LogP contribution in [-0.4, -0.2) is 24.0 Å². The summed E-state index contributed by atoms with van der Waals surface area (Å²) in [6, 6.07) is 14.5. The molecule has 0 radical (unpaired) electrons. The van der Waals surface area contributed by atoms with Crippen LogP contribution in [0.4, 0.5) is 0 Å². The third kappa shape index (κ3) is 5.08. The molecule has 25 heavy (non-hydrogen) atoms. The van der Waals surface area contributed by atoms with Gasteiger partial charge in [0, 0.05) is 31.4 Å². The molecule has 1 aromatic heterocycles. The summed E-state index contributed by atoms with van der Waals surface area (Å²) in [5.74, 6) is 1.45. The van der Waals surface area contributed by atoms with Gasteiger partial charge in [-0.1, -0.05) is 48.6 Å². The van der Waals surface area contributed by atoms with E-state index >= 15 is 0 Å². The lowest BCUT2D eigenvalue weighted by Crippen LogP contribution is -2.42. The van der Waals surface area contributed by atoms with E-state index in [4.69, 9.17) is 4.74 Å². The zero-order chi connectivity index (χ0) is 17.3. The number of aromatic nitrogens is 1. The SMILES string of the molecule is CN=C(NCc1cccnc1OCc1ccccc1)NC1CC=CC1. The summed E-state index contributed by atoms with van der Waals surface area (Å²) in [6.45, 7) is 1.11. The molecule has 2 N–H and O–H groups in total. The molecule has 0 atom stereocenters. The van der Waals surface area contributed by atoms with Crippen molar-refractivity contribution in [1.29, 1.82) is 0 Å². The molecule has 3 rings (SSSR count). The Morgan fingerprint density at radius 1 is 1.16 bits per heavy atom. The molecule has 0 fully saturated rings. The van der Waals surface area contributed by atoms with E-state index in [0.29, 0.717) is 25.1 Å². The van der Waals surface area contributed by atoms with Crippen LogP contribution in [0.2, 0.25) is 0 Å². The summed E-state index contributed by atoms with van der Waals surface area (Å²) in [7, 11) is 1.79. The smallest absolute Gasteiger partial charge is 0.218 e. The maximum absolute atomic E-state index is 5.90. The number of guanidine groups is 1. The van der Waals surface area contributed by atoms with Crippen molar-refractivity contribution in [3.8, 4) is 5.88 Å². The molecule has 0 amide bonds. The molecule has 0 saturated heterocycles. The van der Waals surface area contributed by atoms with Crippen molar-refractivity contribution in [3.63, 3.8) is 0 Å². The van der Waals surface area contributed by atoms with Crippen LogP contribution in [0.25, 0.3) is 0 Å². The van der Waals surface area contributed by atoms with Crippen molar-refractivity contribution in [2.75, 3.05) is 7.05 Å².